The average Bonchev–Trinajstić information content (AvgIpc) is 2.79. The lowest BCUT2D eigenvalue weighted by Gasteiger charge is -2.22. The minimum Gasteiger partial charge on any atom is -0.404 e. The van der Waals surface area contributed by atoms with E-state index < -0.39 is 27.0 Å². The summed E-state index contributed by atoms with van der Waals surface area (Å²) in [5.41, 5.74) is 5.56. The third-order valence-electron chi connectivity index (χ3n) is 3.60. The van der Waals surface area contributed by atoms with Crippen LogP contribution in [0.4, 0.5) is 13.2 Å². The number of halogens is 3. The minimum atomic E-state index is -4.96. The SMILES string of the molecule is CC1CC(CN)CN1S(=O)(=O)c1ccccc1OC(F)(F)F. The summed E-state index contributed by atoms with van der Waals surface area (Å²) >= 11 is 0. The van der Waals surface area contributed by atoms with Crippen LogP contribution in [-0.4, -0.2) is 38.2 Å². The molecule has 1 aromatic rings. The van der Waals surface area contributed by atoms with Crippen molar-refractivity contribution in [2.24, 2.45) is 11.7 Å². The Morgan fingerprint density at radius 1 is 1.36 bits per heavy atom. The van der Waals surface area contributed by atoms with E-state index in [1.807, 2.05) is 0 Å². The smallest absolute Gasteiger partial charge is 0.404 e. The van der Waals surface area contributed by atoms with Gasteiger partial charge in [0.05, 0.1) is 0 Å². The first-order chi connectivity index (χ1) is 10.1. The predicted octanol–water partition coefficient (Wildman–Crippen LogP) is 1.94. The molecule has 2 unspecified atom stereocenters. The summed E-state index contributed by atoms with van der Waals surface area (Å²) in [6.07, 6.45) is -4.37. The highest BCUT2D eigenvalue weighted by atomic mass is 32.2. The van der Waals surface area contributed by atoms with Gasteiger partial charge in [0.15, 0.2) is 0 Å². The molecule has 2 rings (SSSR count). The molecule has 0 aromatic heterocycles. The lowest BCUT2D eigenvalue weighted by atomic mass is 10.1. The highest BCUT2D eigenvalue weighted by molar-refractivity contribution is 7.89. The van der Waals surface area contributed by atoms with E-state index in [2.05, 4.69) is 4.74 Å². The molecular formula is C13H17F3N2O3S. The van der Waals surface area contributed by atoms with Gasteiger partial charge in [-0.2, -0.15) is 4.31 Å². The van der Waals surface area contributed by atoms with Crippen LogP contribution in [0.3, 0.4) is 0 Å². The summed E-state index contributed by atoms with van der Waals surface area (Å²) in [4.78, 5) is -0.489. The normalized spacial score (nSPS) is 23.7. The molecule has 1 aliphatic rings. The number of rotatable bonds is 4. The summed E-state index contributed by atoms with van der Waals surface area (Å²) in [6.45, 7) is 2.23. The van der Waals surface area contributed by atoms with Gasteiger partial charge >= 0.3 is 6.36 Å². The van der Waals surface area contributed by atoms with E-state index in [0.717, 1.165) is 12.1 Å². The molecule has 2 atom stereocenters. The monoisotopic (exact) mass is 338 g/mol. The number of alkyl halides is 3. The zero-order chi connectivity index (χ0) is 16.5. The van der Waals surface area contributed by atoms with Crippen LogP contribution >= 0.6 is 0 Å². The maximum atomic E-state index is 12.7. The Labute approximate surface area is 126 Å². The van der Waals surface area contributed by atoms with Crippen LogP contribution in [0, 0.1) is 5.92 Å². The van der Waals surface area contributed by atoms with E-state index >= 15 is 0 Å². The number of ether oxygens (including phenoxy) is 1. The third-order valence-corrected chi connectivity index (χ3v) is 5.62. The van der Waals surface area contributed by atoms with Crippen LogP contribution in [0.5, 0.6) is 5.75 Å². The van der Waals surface area contributed by atoms with Crippen LogP contribution in [0.1, 0.15) is 13.3 Å². The van der Waals surface area contributed by atoms with E-state index in [0.29, 0.717) is 13.0 Å². The van der Waals surface area contributed by atoms with Gasteiger partial charge in [-0.25, -0.2) is 8.42 Å². The molecule has 0 aliphatic carbocycles. The highest BCUT2D eigenvalue weighted by Crippen LogP contribution is 2.35. The molecule has 0 saturated carbocycles. The molecule has 1 fully saturated rings. The Morgan fingerprint density at radius 2 is 2.00 bits per heavy atom. The molecule has 1 aromatic carbocycles. The van der Waals surface area contributed by atoms with Crippen molar-refractivity contribution in [3.63, 3.8) is 0 Å². The number of para-hydroxylation sites is 1. The number of benzene rings is 1. The van der Waals surface area contributed by atoms with Gasteiger partial charge in [0.25, 0.3) is 0 Å². The van der Waals surface area contributed by atoms with Crippen LogP contribution in [0.15, 0.2) is 29.2 Å². The maximum Gasteiger partial charge on any atom is 0.573 e. The first-order valence-corrected chi connectivity index (χ1v) is 8.16. The maximum absolute atomic E-state index is 12.7. The van der Waals surface area contributed by atoms with Crippen molar-refractivity contribution < 1.29 is 26.3 Å². The molecule has 1 saturated heterocycles. The molecule has 0 amide bonds. The second kappa shape index (κ2) is 6.05. The Hall–Kier alpha value is -1.32. The van der Waals surface area contributed by atoms with Crippen molar-refractivity contribution in [1.82, 2.24) is 4.31 Å². The van der Waals surface area contributed by atoms with E-state index in [1.165, 1.54) is 16.4 Å². The number of nitrogens with zero attached hydrogens (tertiary/aromatic N) is 1. The molecule has 22 heavy (non-hydrogen) atoms. The van der Waals surface area contributed by atoms with Crippen molar-refractivity contribution in [2.45, 2.75) is 30.6 Å². The van der Waals surface area contributed by atoms with Gasteiger partial charge in [0.1, 0.15) is 10.6 Å². The van der Waals surface area contributed by atoms with Crippen LogP contribution in [0.25, 0.3) is 0 Å². The van der Waals surface area contributed by atoms with Gasteiger partial charge in [-0.15, -0.1) is 13.2 Å². The quantitative estimate of drug-likeness (QED) is 0.911. The molecule has 0 bridgehead atoms. The second-order valence-electron chi connectivity index (χ2n) is 5.26. The van der Waals surface area contributed by atoms with Gasteiger partial charge in [-0.3, -0.25) is 0 Å². The molecule has 124 valence electrons. The molecular weight excluding hydrogens is 321 g/mol. The fourth-order valence-electron chi connectivity index (χ4n) is 2.61. The lowest BCUT2D eigenvalue weighted by Crippen LogP contribution is -2.35. The van der Waals surface area contributed by atoms with Gasteiger partial charge in [0.2, 0.25) is 10.0 Å². The van der Waals surface area contributed by atoms with E-state index in [9.17, 15) is 21.6 Å². The number of nitrogens with two attached hydrogens (primary N) is 1. The van der Waals surface area contributed by atoms with Crippen LogP contribution in [-0.2, 0) is 10.0 Å². The lowest BCUT2D eigenvalue weighted by molar-refractivity contribution is -0.275. The molecule has 1 aliphatic heterocycles. The van der Waals surface area contributed by atoms with Gasteiger partial charge in [-0.05, 0) is 37.9 Å². The second-order valence-corrected chi connectivity index (χ2v) is 7.11. The largest absolute Gasteiger partial charge is 0.573 e. The first kappa shape index (κ1) is 17.0. The van der Waals surface area contributed by atoms with E-state index in [4.69, 9.17) is 5.73 Å². The molecule has 5 nitrogen and oxygen atoms in total. The fourth-order valence-corrected chi connectivity index (χ4v) is 4.45. The molecule has 9 heteroatoms. The van der Waals surface area contributed by atoms with Crippen molar-refractivity contribution in [2.75, 3.05) is 13.1 Å². The summed E-state index contributed by atoms with van der Waals surface area (Å²) in [6, 6.07) is 4.42. The number of sulfonamides is 1. The van der Waals surface area contributed by atoms with Crippen molar-refractivity contribution in [3.8, 4) is 5.75 Å². The van der Waals surface area contributed by atoms with Crippen LogP contribution in [0.2, 0.25) is 0 Å². The van der Waals surface area contributed by atoms with Crippen molar-refractivity contribution in [3.05, 3.63) is 24.3 Å². The highest BCUT2D eigenvalue weighted by Gasteiger charge is 2.40. The summed E-state index contributed by atoms with van der Waals surface area (Å²) < 4.78 is 67.6. The van der Waals surface area contributed by atoms with Gasteiger partial charge in [0, 0.05) is 12.6 Å². The summed E-state index contributed by atoms with van der Waals surface area (Å²) in [7, 11) is -4.08. The molecule has 2 N–H and O–H groups in total. The zero-order valence-corrected chi connectivity index (χ0v) is 12.7. The molecule has 0 radical (unpaired) electrons. The topological polar surface area (TPSA) is 72.6 Å². The third kappa shape index (κ3) is 3.53. The molecule has 1 heterocycles. The van der Waals surface area contributed by atoms with Crippen LogP contribution < -0.4 is 10.5 Å². The Bertz CT molecular complexity index is 634. The molecule has 0 spiro atoms. The van der Waals surface area contributed by atoms with E-state index in [1.54, 1.807) is 6.92 Å². The average molecular weight is 338 g/mol. The fraction of sp³-hybridized carbons (Fsp3) is 0.538. The standard InChI is InChI=1S/C13H17F3N2O3S/c1-9-6-10(7-17)8-18(9)22(19,20)12-5-3-2-4-11(12)21-13(14,15)16/h2-5,9-10H,6-8,17H2,1H3. The predicted molar refractivity (Wildman–Crippen MR) is 73.6 cm³/mol. The van der Waals surface area contributed by atoms with Crippen molar-refractivity contribution >= 4 is 10.0 Å². The minimum absolute atomic E-state index is 0.000437. The Morgan fingerprint density at radius 3 is 2.55 bits per heavy atom. The van der Waals surface area contributed by atoms with E-state index in [-0.39, 0.29) is 18.5 Å². The zero-order valence-electron chi connectivity index (χ0n) is 11.9. The van der Waals surface area contributed by atoms with Gasteiger partial charge < -0.3 is 10.5 Å². The number of hydrogen-bond acceptors (Lipinski definition) is 4. The van der Waals surface area contributed by atoms with Crippen molar-refractivity contribution in [1.29, 1.82) is 0 Å². The Balaban J connectivity index is 2.38. The number of hydrogen-bond donors (Lipinski definition) is 1. The Kier molecular flexibility index (Phi) is 4.69. The van der Waals surface area contributed by atoms with Gasteiger partial charge in [-0.1, -0.05) is 12.1 Å². The summed E-state index contributed by atoms with van der Waals surface area (Å²) in [5, 5.41) is 0. The summed E-state index contributed by atoms with van der Waals surface area (Å²) in [5.74, 6) is -0.723. The first-order valence-electron chi connectivity index (χ1n) is 6.72.